The van der Waals surface area contributed by atoms with Gasteiger partial charge in [0, 0.05) is 6.54 Å². The summed E-state index contributed by atoms with van der Waals surface area (Å²) in [7, 11) is 0. The van der Waals surface area contributed by atoms with Crippen LogP contribution < -0.4 is 0 Å². The van der Waals surface area contributed by atoms with E-state index in [0.29, 0.717) is 0 Å². The van der Waals surface area contributed by atoms with Crippen LogP contribution in [0.3, 0.4) is 0 Å². The van der Waals surface area contributed by atoms with Crippen molar-refractivity contribution < 1.29 is 13.6 Å². The van der Waals surface area contributed by atoms with Crippen LogP contribution in [0, 0.1) is 23.0 Å². The molecule has 0 heterocycles. The summed E-state index contributed by atoms with van der Waals surface area (Å²) in [4.78, 5) is 12.9. The lowest BCUT2D eigenvalue weighted by atomic mass is 10.1. The van der Waals surface area contributed by atoms with Crippen LogP contribution in [-0.2, 0) is 0 Å². The number of carbonyl (C=O) groups excluding carboxylic acids is 1. The number of amides is 1. The summed E-state index contributed by atoms with van der Waals surface area (Å²) < 4.78 is 26.6. The number of hydrogen-bond acceptors (Lipinski definition) is 2. The van der Waals surface area contributed by atoms with E-state index in [1.807, 2.05) is 0 Å². The number of nitriles is 1. The Kier molecular flexibility index (Phi) is 4.41. The van der Waals surface area contributed by atoms with E-state index in [9.17, 15) is 13.6 Å². The van der Waals surface area contributed by atoms with Crippen molar-refractivity contribution in [2.24, 2.45) is 0 Å². The Morgan fingerprint density at radius 2 is 2.12 bits per heavy atom. The van der Waals surface area contributed by atoms with Crippen molar-refractivity contribution in [2.75, 3.05) is 13.1 Å². The highest BCUT2D eigenvalue weighted by molar-refractivity contribution is 6.30. The average Bonchev–Trinajstić information content (AvgIpc) is 2.30. The Labute approximate surface area is 102 Å². The normalized spacial score (nSPS) is 9.82. The second-order valence-electron chi connectivity index (χ2n) is 3.22. The van der Waals surface area contributed by atoms with Crippen LogP contribution in [0.15, 0.2) is 12.1 Å². The number of benzene rings is 1. The summed E-state index contributed by atoms with van der Waals surface area (Å²) in [5, 5.41) is 8.11. The van der Waals surface area contributed by atoms with Gasteiger partial charge >= 0.3 is 0 Å². The molecular weight excluding hydrogens is 250 g/mol. The Morgan fingerprint density at radius 1 is 1.47 bits per heavy atom. The number of halogens is 3. The standard InChI is InChI=1S/C11H9ClF2N2O/c1-2-16(4-3-15)11(17)7-5-10(14)8(12)6-9(7)13/h5-6H,2,4H2,1H3. The zero-order chi connectivity index (χ0) is 13.0. The molecule has 1 aromatic carbocycles. The summed E-state index contributed by atoms with van der Waals surface area (Å²) in [6.45, 7) is 1.69. The molecule has 0 fully saturated rings. The molecule has 1 aromatic rings. The van der Waals surface area contributed by atoms with Gasteiger partial charge in [-0.2, -0.15) is 5.26 Å². The van der Waals surface area contributed by atoms with Gasteiger partial charge in [0.25, 0.3) is 5.91 Å². The predicted molar refractivity (Wildman–Crippen MR) is 58.6 cm³/mol. The van der Waals surface area contributed by atoms with Crippen molar-refractivity contribution in [3.05, 3.63) is 34.4 Å². The van der Waals surface area contributed by atoms with E-state index in [-0.39, 0.29) is 18.1 Å². The highest BCUT2D eigenvalue weighted by atomic mass is 35.5. The monoisotopic (exact) mass is 258 g/mol. The van der Waals surface area contributed by atoms with Gasteiger partial charge in [0.15, 0.2) is 0 Å². The van der Waals surface area contributed by atoms with E-state index in [1.54, 1.807) is 13.0 Å². The molecule has 0 radical (unpaired) electrons. The quantitative estimate of drug-likeness (QED) is 0.618. The molecule has 1 amide bonds. The molecule has 6 heteroatoms. The third kappa shape index (κ3) is 2.92. The average molecular weight is 259 g/mol. The second kappa shape index (κ2) is 5.60. The third-order valence-corrected chi connectivity index (χ3v) is 2.46. The molecule has 1 rings (SSSR count). The first-order valence-corrected chi connectivity index (χ1v) is 5.19. The molecule has 90 valence electrons. The molecule has 0 atom stereocenters. The number of carbonyl (C=O) groups is 1. The van der Waals surface area contributed by atoms with Gasteiger partial charge in [0.1, 0.15) is 18.2 Å². The van der Waals surface area contributed by atoms with Crippen molar-refractivity contribution in [1.82, 2.24) is 4.90 Å². The number of nitrogens with zero attached hydrogens (tertiary/aromatic N) is 2. The molecule has 3 nitrogen and oxygen atoms in total. The van der Waals surface area contributed by atoms with Gasteiger partial charge in [0.05, 0.1) is 16.7 Å². The highest BCUT2D eigenvalue weighted by Gasteiger charge is 2.20. The number of rotatable bonds is 3. The van der Waals surface area contributed by atoms with Crippen LogP contribution in [0.25, 0.3) is 0 Å². The highest BCUT2D eigenvalue weighted by Crippen LogP contribution is 2.20. The molecule has 17 heavy (non-hydrogen) atoms. The Hall–Kier alpha value is -1.67. The first-order chi connectivity index (χ1) is 8.01. The maximum Gasteiger partial charge on any atom is 0.257 e. The smallest absolute Gasteiger partial charge is 0.257 e. The maximum absolute atomic E-state index is 13.4. The topological polar surface area (TPSA) is 44.1 Å². The van der Waals surface area contributed by atoms with Crippen LogP contribution in [0.4, 0.5) is 8.78 Å². The summed E-state index contributed by atoms with van der Waals surface area (Å²) in [6.07, 6.45) is 0. The molecule has 0 aliphatic rings. The Balaban J connectivity index is 3.12. The van der Waals surface area contributed by atoms with E-state index in [1.165, 1.54) is 0 Å². The summed E-state index contributed by atoms with van der Waals surface area (Å²) in [5.74, 6) is -2.51. The summed E-state index contributed by atoms with van der Waals surface area (Å²) >= 11 is 5.37. The lowest BCUT2D eigenvalue weighted by Crippen LogP contribution is -2.31. The lowest BCUT2D eigenvalue weighted by molar-refractivity contribution is 0.0779. The Bertz CT molecular complexity index is 485. The van der Waals surface area contributed by atoms with Gasteiger partial charge in [0.2, 0.25) is 0 Å². The van der Waals surface area contributed by atoms with Gasteiger partial charge in [-0.1, -0.05) is 11.6 Å². The van der Waals surface area contributed by atoms with Crippen LogP contribution >= 0.6 is 11.6 Å². The van der Waals surface area contributed by atoms with E-state index in [2.05, 4.69) is 0 Å². The van der Waals surface area contributed by atoms with E-state index in [0.717, 1.165) is 17.0 Å². The zero-order valence-electron chi connectivity index (χ0n) is 9.01. The minimum atomic E-state index is -0.905. The fourth-order valence-electron chi connectivity index (χ4n) is 1.27. The molecule has 0 N–H and O–H groups in total. The second-order valence-corrected chi connectivity index (χ2v) is 3.63. The molecule has 0 aliphatic carbocycles. The lowest BCUT2D eigenvalue weighted by Gasteiger charge is -2.17. The molecule has 0 saturated heterocycles. The first-order valence-electron chi connectivity index (χ1n) is 4.82. The third-order valence-electron chi connectivity index (χ3n) is 2.17. The van der Waals surface area contributed by atoms with Crippen molar-refractivity contribution in [2.45, 2.75) is 6.92 Å². The van der Waals surface area contributed by atoms with Crippen molar-refractivity contribution in [3.63, 3.8) is 0 Å². The van der Waals surface area contributed by atoms with Crippen molar-refractivity contribution in [3.8, 4) is 6.07 Å². The number of hydrogen-bond donors (Lipinski definition) is 0. The minimum Gasteiger partial charge on any atom is -0.326 e. The predicted octanol–water partition coefficient (Wildman–Crippen LogP) is 2.60. The molecule has 0 unspecified atom stereocenters. The molecular formula is C11H9ClF2N2O. The van der Waals surface area contributed by atoms with E-state index < -0.39 is 23.1 Å². The van der Waals surface area contributed by atoms with Gasteiger partial charge in [-0.3, -0.25) is 4.79 Å². The minimum absolute atomic E-state index is 0.182. The maximum atomic E-state index is 13.4. The van der Waals surface area contributed by atoms with Gasteiger partial charge in [-0.05, 0) is 19.1 Å². The largest absolute Gasteiger partial charge is 0.326 e. The van der Waals surface area contributed by atoms with Crippen LogP contribution in [-0.4, -0.2) is 23.9 Å². The summed E-state index contributed by atoms with van der Waals surface area (Å²) in [6, 6.07) is 3.25. The molecule has 0 spiro atoms. The van der Waals surface area contributed by atoms with Gasteiger partial charge in [-0.25, -0.2) is 8.78 Å². The fourth-order valence-corrected chi connectivity index (χ4v) is 1.42. The fraction of sp³-hybridized carbons (Fsp3) is 0.273. The van der Waals surface area contributed by atoms with Gasteiger partial charge < -0.3 is 4.90 Å². The van der Waals surface area contributed by atoms with Crippen molar-refractivity contribution in [1.29, 1.82) is 5.26 Å². The molecule has 0 aliphatic heterocycles. The van der Waals surface area contributed by atoms with Crippen LogP contribution in [0.5, 0.6) is 0 Å². The SMILES string of the molecule is CCN(CC#N)C(=O)c1cc(F)c(Cl)cc1F. The molecule has 0 aromatic heterocycles. The van der Waals surface area contributed by atoms with E-state index in [4.69, 9.17) is 16.9 Å². The Morgan fingerprint density at radius 3 is 2.65 bits per heavy atom. The van der Waals surface area contributed by atoms with E-state index >= 15 is 0 Å². The molecule has 0 bridgehead atoms. The first kappa shape index (κ1) is 13.4. The summed E-state index contributed by atoms with van der Waals surface area (Å²) in [5.41, 5.74) is -0.427. The van der Waals surface area contributed by atoms with Gasteiger partial charge in [-0.15, -0.1) is 0 Å². The molecule has 0 saturated carbocycles. The van der Waals surface area contributed by atoms with Crippen LogP contribution in [0.1, 0.15) is 17.3 Å². The zero-order valence-corrected chi connectivity index (χ0v) is 9.76. The van der Waals surface area contributed by atoms with Crippen LogP contribution in [0.2, 0.25) is 5.02 Å². The van der Waals surface area contributed by atoms with Crippen molar-refractivity contribution >= 4 is 17.5 Å².